The normalized spacial score (nSPS) is 20.9. The van der Waals surface area contributed by atoms with Gasteiger partial charge in [-0.3, -0.25) is 0 Å². The van der Waals surface area contributed by atoms with Crippen molar-refractivity contribution in [3.05, 3.63) is 23.8 Å². The van der Waals surface area contributed by atoms with Crippen LogP contribution in [0.4, 0.5) is 13.2 Å². The minimum absolute atomic E-state index is 0.117. The summed E-state index contributed by atoms with van der Waals surface area (Å²) < 4.78 is 49.8. The van der Waals surface area contributed by atoms with Crippen molar-refractivity contribution in [1.29, 1.82) is 0 Å². The molecule has 1 saturated heterocycles. The maximum Gasteiger partial charge on any atom is 0.496 e. The number of alkyl halides is 3. The molecule has 1 aromatic carbocycles. The van der Waals surface area contributed by atoms with Crippen LogP contribution in [0.1, 0.15) is 33.3 Å². The summed E-state index contributed by atoms with van der Waals surface area (Å²) in [5, 5.41) is 0. The lowest BCUT2D eigenvalue weighted by Gasteiger charge is -2.32. The molecule has 116 valence electrons. The Morgan fingerprint density at radius 1 is 1.05 bits per heavy atom. The third kappa shape index (κ3) is 3.58. The molecule has 0 amide bonds. The van der Waals surface area contributed by atoms with Gasteiger partial charge < -0.3 is 9.31 Å². The van der Waals surface area contributed by atoms with Crippen LogP contribution in [0.15, 0.2) is 23.1 Å². The van der Waals surface area contributed by atoms with Gasteiger partial charge in [0.1, 0.15) is 0 Å². The SMILES string of the molecule is Cc1ccc(SC(F)(F)F)c(B2OC(C)(C)C(C)(C)O2)c1. The van der Waals surface area contributed by atoms with Gasteiger partial charge in [0, 0.05) is 4.90 Å². The molecule has 21 heavy (non-hydrogen) atoms. The maximum atomic E-state index is 12.7. The molecule has 1 fully saturated rings. The fourth-order valence-corrected chi connectivity index (χ4v) is 2.70. The van der Waals surface area contributed by atoms with E-state index in [0.717, 1.165) is 5.56 Å². The highest BCUT2D eigenvalue weighted by atomic mass is 32.2. The van der Waals surface area contributed by atoms with Crippen molar-refractivity contribution in [2.75, 3.05) is 0 Å². The van der Waals surface area contributed by atoms with Crippen molar-refractivity contribution in [1.82, 2.24) is 0 Å². The van der Waals surface area contributed by atoms with E-state index in [1.807, 2.05) is 34.6 Å². The lowest BCUT2D eigenvalue weighted by molar-refractivity contribution is -0.0327. The van der Waals surface area contributed by atoms with E-state index in [9.17, 15) is 13.2 Å². The lowest BCUT2D eigenvalue weighted by Crippen LogP contribution is -2.41. The minimum atomic E-state index is -4.34. The van der Waals surface area contributed by atoms with E-state index in [2.05, 4.69) is 0 Å². The molecule has 0 N–H and O–H groups in total. The van der Waals surface area contributed by atoms with E-state index in [4.69, 9.17) is 9.31 Å². The Hall–Kier alpha value is -0.655. The van der Waals surface area contributed by atoms with E-state index in [1.54, 1.807) is 12.1 Å². The largest absolute Gasteiger partial charge is 0.496 e. The van der Waals surface area contributed by atoms with Gasteiger partial charge in [-0.25, -0.2) is 0 Å². The number of thioether (sulfide) groups is 1. The molecule has 2 rings (SSSR count). The van der Waals surface area contributed by atoms with Crippen LogP contribution < -0.4 is 5.46 Å². The topological polar surface area (TPSA) is 18.5 Å². The zero-order chi connectivity index (χ0) is 16.1. The predicted octanol–water partition coefficient (Wildman–Crippen LogP) is 3.91. The monoisotopic (exact) mass is 318 g/mol. The van der Waals surface area contributed by atoms with Crippen molar-refractivity contribution >= 4 is 24.3 Å². The van der Waals surface area contributed by atoms with Crippen molar-refractivity contribution in [3.8, 4) is 0 Å². The summed E-state index contributed by atoms with van der Waals surface area (Å²) in [6.07, 6.45) is 0. The number of aryl methyl sites for hydroxylation is 1. The number of benzene rings is 1. The van der Waals surface area contributed by atoms with Gasteiger partial charge in [-0.15, -0.1) is 0 Å². The highest BCUT2D eigenvalue weighted by Gasteiger charge is 2.52. The van der Waals surface area contributed by atoms with E-state index in [-0.39, 0.29) is 16.7 Å². The molecule has 1 heterocycles. The van der Waals surface area contributed by atoms with Crippen LogP contribution in [-0.2, 0) is 9.31 Å². The predicted molar refractivity (Wildman–Crippen MR) is 78.8 cm³/mol. The number of rotatable bonds is 2. The highest BCUT2D eigenvalue weighted by Crippen LogP contribution is 2.40. The first-order valence-electron chi connectivity index (χ1n) is 6.63. The van der Waals surface area contributed by atoms with Crippen molar-refractivity contribution in [3.63, 3.8) is 0 Å². The number of hydrogen-bond donors (Lipinski definition) is 0. The van der Waals surface area contributed by atoms with Gasteiger partial charge in [0.2, 0.25) is 0 Å². The van der Waals surface area contributed by atoms with Crippen LogP contribution in [0, 0.1) is 6.92 Å². The van der Waals surface area contributed by atoms with Gasteiger partial charge >= 0.3 is 12.6 Å². The Labute approximate surface area is 127 Å². The van der Waals surface area contributed by atoms with Gasteiger partial charge in [-0.2, -0.15) is 13.2 Å². The average molecular weight is 318 g/mol. The average Bonchev–Trinajstić information content (AvgIpc) is 2.49. The molecule has 0 aromatic heterocycles. The molecule has 0 unspecified atom stereocenters. The Morgan fingerprint density at radius 2 is 1.57 bits per heavy atom. The number of hydrogen-bond acceptors (Lipinski definition) is 3. The summed E-state index contributed by atoms with van der Waals surface area (Å²) in [5.41, 5.74) is -4.21. The standard InChI is InChI=1S/C14H18BF3O2S/c1-9-6-7-11(21-14(16,17)18)10(8-9)15-19-12(2,3)13(4,5)20-15/h6-8H,1-5H3. The van der Waals surface area contributed by atoms with Crippen LogP contribution >= 0.6 is 11.8 Å². The second-order valence-electron chi connectivity index (χ2n) is 6.18. The molecular weight excluding hydrogens is 300 g/mol. The first-order valence-corrected chi connectivity index (χ1v) is 7.45. The van der Waals surface area contributed by atoms with Crippen LogP contribution in [0.3, 0.4) is 0 Å². The summed E-state index contributed by atoms with van der Waals surface area (Å²) in [4.78, 5) is 0.117. The van der Waals surface area contributed by atoms with Crippen LogP contribution in [0.5, 0.6) is 0 Å². The second kappa shape index (κ2) is 5.21. The molecule has 0 spiro atoms. The Balaban J connectivity index is 2.38. The van der Waals surface area contributed by atoms with Gasteiger partial charge in [0.25, 0.3) is 0 Å². The van der Waals surface area contributed by atoms with Crippen molar-refractivity contribution < 1.29 is 22.5 Å². The quantitative estimate of drug-likeness (QED) is 0.608. The van der Waals surface area contributed by atoms with E-state index >= 15 is 0 Å². The van der Waals surface area contributed by atoms with E-state index in [0.29, 0.717) is 5.46 Å². The fraction of sp³-hybridized carbons (Fsp3) is 0.571. The summed E-state index contributed by atoms with van der Waals surface area (Å²) in [7, 11) is -0.792. The smallest absolute Gasteiger partial charge is 0.399 e. The molecule has 0 radical (unpaired) electrons. The molecule has 1 aliphatic heterocycles. The zero-order valence-electron chi connectivity index (χ0n) is 12.7. The molecule has 7 heteroatoms. The molecule has 2 nitrogen and oxygen atoms in total. The fourth-order valence-electron chi connectivity index (χ4n) is 2.04. The van der Waals surface area contributed by atoms with Gasteiger partial charge in [-0.05, 0) is 57.9 Å². The molecule has 0 aliphatic carbocycles. The summed E-state index contributed by atoms with van der Waals surface area (Å²) in [5.74, 6) is 0. The van der Waals surface area contributed by atoms with Crippen LogP contribution in [0.2, 0.25) is 0 Å². The molecule has 1 aromatic rings. The first-order chi connectivity index (χ1) is 9.41. The summed E-state index contributed by atoms with van der Waals surface area (Å²) in [6, 6.07) is 4.81. The summed E-state index contributed by atoms with van der Waals surface area (Å²) >= 11 is -0.137. The Kier molecular flexibility index (Phi) is 4.15. The van der Waals surface area contributed by atoms with Gasteiger partial charge in [0.05, 0.1) is 11.2 Å². The van der Waals surface area contributed by atoms with Crippen molar-refractivity contribution in [2.24, 2.45) is 0 Å². The second-order valence-corrected chi connectivity index (χ2v) is 7.28. The molecule has 0 bridgehead atoms. The third-order valence-electron chi connectivity index (χ3n) is 3.90. The van der Waals surface area contributed by atoms with Crippen LogP contribution in [-0.4, -0.2) is 23.8 Å². The van der Waals surface area contributed by atoms with Crippen molar-refractivity contribution in [2.45, 2.75) is 56.2 Å². The van der Waals surface area contributed by atoms with Crippen LogP contribution in [0.25, 0.3) is 0 Å². The molecular formula is C14H18BF3O2S. The highest BCUT2D eigenvalue weighted by molar-refractivity contribution is 8.00. The first kappa shape index (κ1) is 16.7. The maximum absolute atomic E-state index is 12.7. The Bertz CT molecular complexity index is 528. The minimum Gasteiger partial charge on any atom is -0.399 e. The molecule has 0 atom stereocenters. The third-order valence-corrected chi connectivity index (χ3v) is 4.72. The molecule has 1 aliphatic rings. The van der Waals surface area contributed by atoms with E-state index < -0.39 is 23.8 Å². The lowest BCUT2D eigenvalue weighted by atomic mass is 9.78. The van der Waals surface area contributed by atoms with E-state index in [1.165, 1.54) is 6.07 Å². The zero-order valence-corrected chi connectivity index (χ0v) is 13.5. The van der Waals surface area contributed by atoms with Gasteiger partial charge in [0.15, 0.2) is 0 Å². The molecule has 0 saturated carbocycles. The van der Waals surface area contributed by atoms with Gasteiger partial charge in [-0.1, -0.05) is 17.7 Å². The summed E-state index contributed by atoms with van der Waals surface area (Å²) in [6.45, 7) is 9.33. The Morgan fingerprint density at radius 3 is 2.05 bits per heavy atom. The number of halogens is 3.